The molecule has 2 nitrogen and oxygen atoms in total. The molecule has 0 bridgehead atoms. The third-order valence-electron chi connectivity index (χ3n) is 11.3. The zero-order chi connectivity index (χ0) is 36.3. The third kappa shape index (κ3) is 5.07. The monoisotopic (exact) mass is 698 g/mol. The molecule has 0 amide bonds. The van der Waals surface area contributed by atoms with Crippen molar-refractivity contribution in [1.82, 2.24) is 9.55 Å². The molecule has 0 fully saturated rings. The maximum absolute atomic E-state index is 4.61. The Labute approximate surface area is 319 Å². The highest BCUT2D eigenvalue weighted by Crippen LogP contribution is 2.44. The molecule has 11 rings (SSSR count). The molecule has 0 saturated heterocycles. The van der Waals surface area contributed by atoms with Crippen LogP contribution in [-0.2, 0) is 0 Å². The lowest BCUT2D eigenvalue weighted by Gasteiger charge is -2.18. The van der Waals surface area contributed by atoms with E-state index in [9.17, 15) is 0 Å². The summed E-state index contributed by atoms with van der Waals surface area (Å²) in [6, 6.07) is 70.7. The number of rotatable bonds is 5. The summed E-state index contributed by atoms with van der Waals surface area (Å²) in [4.78, 5) is 4.61. The molecular weight excluding hydrogens is 665 g/mol. The largest absolute Gasteiger partial charge is 0.309 e. The Morgan fingerprint density at radius 1 is 0.327 bits per heavy atom. The zero-order valence-corrected chi connectivity index (χ0v) is 30.0. The van der Waals surface area contributed by atoms with Gasteiger partial charge in [0.05, 0.1) is 11.0 Å². The van der Waals surface area contributed by atoms with E-state index in [-0.39, 0.29) is 0 Å². The van der Waals surface area contributed by atoms with Gasteiger partial charge in [-0.2, -0.15) is 0 Å². The van der Waals surface area contributed by atoms with Crippen molar-refractivity contribution in [3.63, 3.8) is 0 Å². The molecule has 55 heavy (non-hydrogen) atoms. The minimum Gasteiger partial charge on any atom is -0.309 e. The Hall–Kier alpha value is -7.29. The van der Waals surface area contributed by atoms with Crippen LogP contribution in [-0.4, -0.2) is 9.55 Å². The normalized spacial score (nSPS) is 11.6. The number of fused-ring (bicyclic) bond motifs is 6. The number of hydrogen-bond acceptors (Lipinski definition) is 1. The minimum absolute atomic E-state index is 1.12. The Morgan fingerprint density at radius 2 is 0.891 bits per heavy atom. The van der Waals surface area contributed by atoms with E-state index in [0.717, 1.165) is 22.1 Å². The summed E-state index contributed by atoms with van der Waals surface area (Å²) in [5.74, 6) is 0. The van der Waals surface area contributed by atoms with Crippen LogP contribution in [0.2, 0.25) is 0 Å². The zero-order valence-electron chi connectivity index (χ0n) is 30.0. The van der Waals surface area contributed by atoms with Gasteiger partial charge in [0, 0.05) is 28.9 Å². The number of hydrogen-bond donors (Lipinski definition) is 0. The van der Waals surface area contributed by atoms with Crippen molar-refractivity contribution in [2.45, 2.75) is 0 Å². The lowest BCUT2D eigenvalue weighted by atomic mass is 9.86. The summed E-state index contributed by atoms with van der Waals surface area (Å²) >= 11 is 0. The fourth-order valence-corrected chi connectivity index (χ4v) is 8.82. The summed E-state index contributed by atoms with van der Waals surface area (Å²) < 4.78 is 2.40. The summed E-state index contributed by atoms with van der Waals surface area (Å²) in [5, 5.41) is 9.85. The molecule has 0 aliphatic rings. The summed E-state index contributed by atoms with van der Waals surface area (Å²) in [5.41, 5.74) is 13.2. The van der Waals surface area contributed by atoms with Crippen LogP contribution >= 0.6 is 0 Å². The highest BCUT2D eigenvalue weighted by Gasteiger charge is 2.19. The van der Waals surface area contributed by atoms with Gasteiger partial charge in [-0.3, -0.25) is 4.98 Å². The van der Waals surface area contributed by atoms with Crippen LogP contribution < -0.4 is 0 Å². The van der Waals surface area contributed by atoms with E-state index in [4.69, 9.17) is 0 Å². The van der Waals surface area contributed by atoms with E-state index >= 15 is 0 Å². The molecule has 0 spiro atoms. The molecule has 0 N–H and O–H groups in total. The number of aromatic nitrogens is 2. The molecule has 11 aromatic rings. The molecule has 256 valence electrons. The number of nitrogens with zero attached hydrogens (tertiary/aromatic N) is 2. The van der Waals surface area contributed by atoms with Gasteiger partial charge in [-0.25, -0.2) is 0 Å². The standard InChI is InChI=1S/C53H34N2/c1-2-14-36(15-3-1)52-44-22-6-8-24-46(44)53(47-25-9-7-23-45(47)52)40-19-11-20-41(32-40)55-50-28-27-38(33-48(50)49-34-54-30-29-51(49)55)37-17-10-18-39(31-37)43-26-12-16-35-13-4-5-21-42(35)43/h1-34H. The lowest BCUT2D eigenvalue weighted by Crippen LogP contribution is -1.95. The van der Waals surface area contributed by atoms with Gasteiger partial charge in [0.25, 0.3) is 0 Å². The quantitative estimate of drug-likeness (QED) is 0.164. The molecular formula is C53H34N2. The van der Waals surface area contributed by atoms with E-state index in [1.807, 2.05) is 12.4 Å². The van der Waals surface area contributed by atoms with Crippen LogP contribution in [0.4, 0.5) is 0 Å². The van der Waals surface area contributed by atoms with Crippen molar-refractivity contribution in [2.75, 3.05) is 0 Å². The molecule has 2 aromatic heterocycles. The van der Waals surface area contributed by atoms with Crippen LogP contribution in [0.25, 0.3) is 104 Å². The Kier molecular flexibility index (Phi) is 7.21. The van der Waals surface area contributed by atoms with E-state index in [0.29, 0.717) is 0 Å². The van der Waals surface area contributed by atoms with Crippen LogP contribution in [0, 0.1) is 0 Å². The average molecular weight is 699 g/mol. The predicted molar refractivity (Wildman–Crippen MR) is 233 cm³/mol. The maximum Gasteiger partial charge on any atom is 0.0571 e. The van der Waals surface area contributed by atoms with Gasteiger partial charge >= 0.3 is 0 Å². The third-order valence-corrected chi connectivity index (χ3v) is 11.3. The van der Waals surface area contributed by atoms with Gasteiger partial charge in [-0.15, -0.1) is 0 Å². The summed E-state index contributed by atoms with van der Waals surface area (Å²) in [6.07, 6.45) is 3.91. The molecule has 0 aliphatic carbocycles. The Bertz CT molecular complexity index is 3200. The van der Waals surface area contributed by atoms with Crippen molar-refractivity contribution < 1.29 is 0 Å². The van der Waals surface area contributed by atoms with E-state index in [2.05, 4.69) is 204 Å². The molecule has 0 atom stereocenters. The topological polar surface area (TPSA) is 17.8 Å². The average Bonchev–Trinajstić information content (AvgIpc) is 3.59. The number of pyridine rings is 1. The molecule has 9 aromatic carbocycles. The summed E-state index contributed by atoms with van der Waals surface area (Å²) in [6.45, 7) is 0. The molecule has 2 heteroatoms. The van der Waals surface area contributed by atoms with E-state index in [1.54, 1.807) is 0 Å². The first-order chi connectivity index (χ1) is 27.3. The van der Waals surface area contributed by atoms with Crippen LogP contribution in [0.1, 0.15) is 0 Å². The lowest BCUT2D eigenvalue weighted by molar-refractivity contribution is 1.18. The van der Waals surface area contributed by atoms with Gasteiger partial charge in [-0.05, 0) is 113 Å². The maximum atomic E-state index is 4.61. The second kappa shape index (κ2) is 12.7. The molecule has 0 unspecified atom stereocenters. The molecule has 0 radical (unpaired) electrons. The molecule has 2 heterocycles. The second-order valence-electron chi connectivity index (χ2n) is 14.3. The molecule has 0 saturated carbocycles. The first kappa shape index (κ1) is 31.3. The van der Waals surface area contributed by atoms with Crippen LogP contribution in [0.15, 0.2) is 207 Å². The summed E-state index contributed by atoms with van der Waals surface area (Å²) in [7, 11) is 0. The Balaban J connectivity index is 1.08. The first-order valence-electron chi connectivity index (χ1n) is 18.9. The SMILES string of the molecule is c1ccc(-c2c3ccccc3c(-c3cccc(-n4c5ccncc5c5cc(-c6cccc(-c7cccc8ccccc78)c6)ccc54)c3)c3ccccc23)cc1. The highest BCUT2D eigenvalue weighted by molar-refractivity contribution is 6.21. The minimum atomic E-state index is 1.12. The molecule has 0 aliphatic heterocycles. The van der Waals surface area contributed by atoms with Gasteiger partial charge in [0.2, 0.25) is 0 Å². The van der Waals surface area contributed by atoms with Gasteiger partial charge in [0.15, 0.2) is 0 Å². The van der Waals surface area contributed by atoms with Gasteiger partial charge in [0.1, 0.15) is 0 Å². The van der Waals surface area contributed by atoms with Crippen molar-refractivity contribution in [1.29, 1.82) is 0 Å². The predicted octanol–water partition coefficient (Wildman–Crippen LogP) is 14.3. The van der Waals surface area contributed by atoms with Crippen LogP contribution in [0.3, 0.4) is 0 Å². The van der Waals surface area contributed by atoms with Crippen molar-refractivity contribution in [2.24, 2.45) is 0 Å². The fourth-order valence-electron chi connectivity index (χ4n) is 8.82. The van der Waals surface area contributed by atoms with E-state index < -0.39 is 0 Å². The Morgan fingerprint density at radius 3 is 1.67 bits per heavy atom. The highest BCUT2D eigenvalue weighted by atomic mass is 15.0. The first-order valence-corrected chi connectivity index (χ1v) is 18.9. The van der Waals surface area contributed by atoms with Crippen LogP contribution in [0.5, 0.6) is 0 Å². The van der Waals surface area contributed by atoms with Gasteiger partial charge < -0.3 is 4.57 Å². The van der Waals surface area contributed by atoms with Crippen molar-refractivity contribution in [3.8, 4) is 50.2 Å². The van der Waals surface area contributed by atoms with Crippen molar-refractivity contribution >= 4 is 54.1 Å². The van der Waals surface area contributed by atoms with E-state index in [1.165, 1.54) is 82.2 Å². The fraction of sp³-hybridized carbons (Fsp3) is 0. The van der Waals surface area contributed by atoms with Crippen molar-refractivity contribution in [3.05, 3.63) is 207 Å². The second-order valence-corrected chi connectivity index (χ2v) is 14.3. The number of benzene rings is 9. The smallest absolute Gasteiger partial charge is 0.0571 e. The van der Waals surface area contributed by atoms with Gasteiger partial charge in [-0.1, -0.05) is 158 Å².